The second-order valence-electron chi connectivity index (χ2n) is 7.24. The third kappa shape index (κ3) is 5.28. The highest BCUT2D eigenvalue weighted by Gasteiger charge is 2.24. The van der Waals surface area contributed by atoms with Crippen molar-refractivity contribution in [1.29, 1.82) is 5.26 Å². The van der Waals surface area contributed by atoms with E-state index < -0.39 is 17.2 Å². The summed E-state index contributed by atoms with van der Waals surface area (Å²) < 4.78 is 12.1. The fourth-order valence-electron chi connectivity index (χ4n) is 3.04. The van der Waals surface area contributed by atoms with Crippen LogP contribution in [0.2, 0.25) is 0 Å². The van der Waals surface area contributed by atoms with E-state index >= 15 is 0 Å². The Morgan fingerprint density at radius 2 is 1.90 bits per heavy atom. The zero-order valence-electron chi connectivity index (χ0n) is 17.9. The highest BCUT2D eigenvalue weighted by Crippen LogP contribution is 2.26. The second kappa shape index (κ2) is 10.6. The molecule has 0 aliphatic carbocycles. The molecule has 0 bridgehead atoms. The lowest BCUT2D eigenvalue weighted by Crippen LogP contribution is -2.27. The number of hydrogen-bond donors (Lipinski definition) is 1. The number of benzene rings is 1. The van der Waals surface area contributed by atoms with Crippen molar-refractivity contribution in [2.75, 3.05) is 13.2 Å². The zero-order valence-corrected chi connectivity index (χ0v) is 17.9. The van der Waals surface area contributed by atoms with Crippen molar-refractivity contribution in [3.63, 3.8) is 0 Å². The number of ketones is 1. The molecule has 0 aliphatic rings. The number of ether oxygens (including phenoxy) is 2. The second-order valence-corrected chi connectivity index (χ2v) is 7.24. The molecule has 2 rings (SSSR count). The van der Waals surface area contributed by atoms with Gasteiger partial charge < -0.3 is 14.6 Å². The summed E-state index contributed by atoms with van der Waals surface area (Å²) in [4.78, 5) is 25.8. The van der Waals surface area contributed by atoms with Crippen LogP contribution in [0.4, 0.5) is 0 Å². The molecule has 0 fully saturated rings. The molecule has 30 heavy (non-hydrogen) atoms. The van der Waals surface area contributed by atoms with Gasteiger partial charge in [0.2, 0.25) is 5.88 Å². The number of aromatic nitrogens is 1. The van der Waals surface area contributed by atoms with Gasteiger partial charge in [0.1, 0.15) is 17.4 Å². The number of aromatic hydroxyl groups is 1. The quantitative estimate of drug-likeness (QED) is 0.473. The lowest BCUT2D eigenvalue weighted by molar-refractivity contribution is 0.0743. The van der Waals surface area contributed by atoms with Crippen molar-refractivity contribution in [2.45, 2.75) is 53.2 Å². The van der Waals surface area contributed by atoms with Gasteiger partial charge in [0.25, 0.3) is 5.56 Å². The van der Waals surface area contributed by atoms with Crippen LogP contribution in [0.15, 0.2) is 29.1 Å². The molecule has 1 aromatic carbocycles. The van der Waals surface area contributed by atoms with Crippen molar-refractivity contribution in [1.82, 2.24) is 4.57 Å². The van der Waals surface area contributed by atoms with Crippen molar-refractivity contribution in [3.8, 4) is 17.7 Å². The first-order chi connectivity index (χ1) is 14.3. The Morgan fingerprint density at radius 1 is 1.23 bits per heavy atom. The average Bonchev–Trinajstić information content (AvgIpc) is 2.72. The molecule has 0 saturated heterocycles. The summed E-state index contributed by atoms with van der Waals surface area (Å²) in [5, 5.41) is 20.2. The van der Waals surface area contributed by atoms with E-state index in [1.807, 2.05) is 26.8 Å². The van der Waals surface area contributed by atoms with Gasteiger partial charge in [-0.3, -0.25) is 14.2 Å². The largest absolute Gasteiger partial charge is 0.494 e. The molecule has 7 heteroatoms. The Morgan fingerprint density at radius 3 is 2.47 bits per heavy atom. The van der Waals surface area contributed by atoms with Gasteiger partial charge in [-0.1, -0.05) is 6.92 Å². The van der Waals surface area contributed by atoms with Crippen molar-refractivity contribution in [2.24, 2.45) is 0 Å². The highest BCUT2D eigenvalue weighted by atomic mass is 16.5. The average molecular weight is 412 g/mol. The van der Waals surface area contributed by atoms with Crippen LogP contribution in [0.1, 0.15) is 60.7 Å². The molecule has 0 radical (unpaired) electrons. The van der Waals surface area contributed by atoms with Crippen molar-refractivity contribution in [3.05, 3.63) is 56.9 Å². The predicted molar refractivity (Wildman–Crippen MR) is 113 cm³/mol. The van der Waals surface area contributed by atoms with Crippen LogP contribution in [-0.4, -0.2) is 34.8 Å². The highest BCUT2D eigenvalue weighted by molar-refractivity contribution is 6.11. The van der Waals surface area contributed by atoms with Gasteiger partial charge in [0, 0.05) is 18.7 Å². The van der Waals surface area contributed by atoms with Gasteiger partial charge in [-0.15, -0.1) is 0 Å². The minimum Gasteiger partial charge on any atom is -0.494 e. The minimum atomic E-state index is -0.614. The number of nitriles is 1. The number of rotatable bonds is 10. The number of nitrogens with zero attached hydrogens (tertiary/aromatic N) is 2. The van der Waals surface area contributed by atoms with Gasteiger partial charge in [0.05, 0.1) is 18.3 Å². The van der Waals surface area contributed by atoms with Gasteiger partial charge in [-0.05, 0) is 63.4 Å². The fraction of sp³-hybridized carbons (Fsp3) is 0.435. The molecular weight excluding hydrogens is 384 g/mol. The molecule has 0 saturated carbocycles. The number of pyridine rings is 1. The summed E-state index contributed by atoms with van der Waals surface area (Å²) in [6.07, 6.45) is 1.37. The van der Waals surface area contributed by atoms with E-state index in [-0.39, 0.29) is 29.3 Å². The minimum absolute atomic E-state index is 0.0434. The van der Waals surface area contributed by atoms with E-state index in [2.05, 4.69) is 0 Å². The first-order valence-electron chi connectivity index (χ1n) is 10.1. The maximum Gasteiger partial charge on any atom is 0.271 e. The van der Waals surface area contributed by atoms with E-state index in [1.165, 1.54) is 6.92 Å². The molecule has 0 unspecified atom stereocenters. The molecule has 1 heterocycles. The summed E-state index contributed by atoms with van der Waals surface area (Å²) in [6.45, 7) is 8.40. The normalized spacial score (nSPS) is 10.8. The Labute approximate surface area is 176 Å². The van der Waals surface area contributed by atoms with Gasteiger partial charge in [0.15, 0.2) is 5.78 Å². The Balaban J connectivity index is 2.41. The molecule has 1 aromatic heterocycles. The molecule has 7 nitrogen and oxygen atoms in total. The van der Waals surface area contributed by atoms with Crippen molar-refractivity contribution < 1.29 is 19.4 Å². The van der Waals surface area contributed by atoms with Crippen LogP contribution >= 0.6 is 0 Å². The standard InChI is InChI=1S/C23H28N2O5/c1-5-12-30-18-9-7-17(8-10-18)21(26)20-16(4)19(14-24)22(27)25(23(20)28)11-6-13-29-15(2)3/h7-10,15,28H,5-6,11-13H2,1-4H3. The van der Waals surface area contributed by atoms with Crippen LogP contribution in [0.5, 0.6) is 11.6 Å². The molecule has 0 amide bonds. The van der Waals surface area contributed by atoms with Crippen LogP contribution in [0, 0.1) is 18.3 Å². The molecule has 1 N–H and O–H groups in total. The van der Waals surface area contributed by atoms with Gasteiger partial charge in [-0.25, -0.2) is 0 Å². The van der Waals surface area contributed by atoms with Gasteiger partial charge >= 0.3 is 0 Å². The first kappa shape index (κ1) is 23.2. The predicted octanol–water partition coefficient (Wildman–Crippen LogP) is 3.57. The van der Waals surface area contributed by atoms with Crippen LogP contribution in [0.25, 0.3) is 0 Å². The maximum atomic E-state index is 13.1. The summed E-state index contributed by atoms with van der Waals surface area (Å²) >= 11 is 0. The first-order valence-corrected chi connectivity index (χ1v) is 10.1. The lowest BCUT2D eigenvalue weighted by atomic mass is 9.97. The molecule has 0 atom stereocenters. The van der Waals surface area contributed by atoms with Crippen molar-refractivity contribution >= 4 is 5.78 Å². The Bertz CT molecular complexity index is 985. The number of carbonyl (C=O) groups is 1. The fourth-order valence-corrected chi connectivity index (χ4v) is 3.04. The van der Waals surface area contributed by atoms with Gasteiger partial charge in [-0.2, -0.15) is 5.26 Å². The summed E-state index contributed by atoms with van der Waals surface area (Å²) in [6, 6.07) is 8.43. The summed E-state index contributed by atoms with van der Waals surface area (Å²) in [5.41, 5.74) is -0.306. The number of carbonyl (C=O) groups excluding carboxylic acids is 1. The molecule has 2 aromatic rings. The summed E-state index contributed by atoms with van der Waals surface area (Å²) in [7, 11) is 0. The van der Waals surface area contributed by atoms with Crippen LogP contribution in [0.3, 0.4) is 0 Å². The van der Waals surface area contributed by atoms with E-state index in [0.29, 0.717) is 30.9 Å². The van der Waals surface area contributed by atoms with Crippen LogP contribution in [-0.2, 0) is 11.3 Å². The Kier molecular flexibility index (Phi) is 8.19. The zero-order chi connectivity index (χ0) is 22.3. The Hall–Kier alpha value is -3.11. The molecule has 0 spiro atoms. The molecular formula is C23H28N2O5. The summed E-state index contributed by atoms with van der Waals surface area (Å²) in [5.74, 6) is -0.254. The smallest absolute Gasteiger partial charge is 0.271 e. The van der Waals surface area contributed by atoms with E-state index in [1.54, 1.807) is 24.3 Å². The van der Waals surface area contributed by atoms with E-state index in [9.17, 15) is 20.0 Å². The van der Waals surface area contributed by atoms with E-state index in [4.69, 9.17) is 9.47 Å². The third-order valence-corrected chi connectivity index (χ3v) is 4.59. The topological polar surface area (TPSA) is 102 Å². The number of hydrogen-bond acceptors (Lipinski definition) is 6. The lowest BCUT2D eigenvalue weighted by Gasteiger charge is -2.16. The maximum absolute atomic E-state index is 13.1. The molecule has 160 valence electrons. The van der Waals surface area contributed by atoms with E-state index in [0.717, 1.165) is 11.0 Å². The molecule has 0 aliphatic heterocycles. The van der Waals surface area contributed by atoms with Crippen LogP contribution < -0.4 is 10.3 Å². The SMILES string of the molecule is CCCOc1ccc(C(=O)c2c(C)c(C#N)c(=O)n(CCCOC(C)C)c2O)cc1. The monoisotopic (exact) mass is 412 g/mol. The third-order valence-electron chi connectivity index (χ3n) is 4.59.